The molecule has 0 radical (unpaired) electrons. The number of ether oxygens (including phenoxy) is 1. The van der Waals surface area contributed by atoms with Crippen LogP contribution >= 0.6 is 0 Å². The van der Waals surface area contributed by atoms with E-state index in [1.54, 1.807) is 0 Å². The molecule has 0 aromatic carbocycles. The largest absolute Gasteiger partial charge is 0.371 e. The van der Waals surface area contributed by atoms with Crippen LogP contribution in [0.1, 0.15) is 25.5 Å². The van der Waals surface area contributed by atoms with Crippen LogP contribution in [-0.4, -0.2) is 61.2 Å². The van der Waals surface area contributed by atoms with Crippen LogP contribution in [0.2, 0.25) is 0 Å². The number of nitriles is 1. The summed E-state index contributed by atoms with van der Waals surface area (Å²) < 4.78 is 5.90. The molecule has 0 spiro atoms. The average Bonchev–Trinajstić information content (AvgIpc) is 2.93. The quantitative estimate of drug-likeness (QED) is 0.852. The average molecular weight is 314 g/mol. The number of piperazine rings is 1. The Morgan fingerprint density at radius 1 is 1.30 bits per heavy atom. The van der Waals surface area contributed by atoms with E-state index in [0.29, 0.717) is 23.9 Å². The zero-order valence-corrected chi connectivity index (χ0v) is 13.4. The van der Waals surface area contributed by atoms with Crippen LogP contribution in [0, 0.1) is 11.3 Å². The van der Waals surface area contributed by atoms with Gasteiger partial charge in [0.05, 0.1) is 17.9 Å². The van der Waals surface area contributed by atoms with Crippen molar-refractivity contribution in [3.05, 3.63) is 11.8 Å². The van der Waals surface area contributed by atoms with Crippen molar-refractivity contribution >= 4 is 11.5 Å². The zero-order chi connectivity index (χ0) is 15.8. The van der Waals surface area contributed by atoms with Crippen molar-refractivity contribution in [3.63, 3.8) is 0 Å². The van der Waals surface area contributed by atoms with E-state index in [0.717, 1.165) is 57.1 Å². The Morgan fingerprint density at radius 3 is 2.78 bits per heavy atom. The maximum atomic E-state index is 9.40. The molecule has 0 aliphatic carbocycles. The van der Waals surface area contributed by atoms with E-state index >= 15 is 0 Å². The zero-order valence-electron chi connectivity index (χ0n) is 13.4. The first-order valence-electron chi connectivity index (χ1n) is 8.40. The molecule has 7 heteroatoms. The van der Waals surface area contributed by atoms with Crippen molar-refractivity contribution in [3.8, 4) is 6.07 Å². The summed E-state index contributed by atoms with van der Waals surface area (Å²) in [7, 11) is 0. The Labute approximate surface area is 136 Å². The van der Waals surface area contributed by atoms with Crippen LogP contribution < -0.4 is 15.1 Å². The predicted octanol–water partition coefficient (Wildman–Crippen LogP) is 0.514. The first-order valence-corrected chi connectivity index (χ1v) is 8.40. The standard InChI is InChI=1S/C16H22N6O/c1-11-8-18-4-5-22(11)15-6-16(20-19-14(15)7-17)21-9-12-2-3-13(10-21)23-12/h6,11-13,18H,2-5,8-10H2,1H3. The fraction of sp³-hybridized carbons (Fsp3) is 0.688. The van der Waals surface area contributed by atoms with Crippen molar-refractivity contribution in [1.29, 1.82) is 5.26 Å². The first kappa shape index (κ1) is 14.7. The van der Waals surface area contributed by atoms with E-state index < -0.39 is 0 Å². The van der Waals surface area contributed by atoms with E-state index in [-0.39, 0.29) is 0 Å². The molecule has 7 nitrogen and oxygen atoms in total. The Balaban J connectivity index is 1.64. The van der Waals surface area contributed by atoms with Crippen molar-refractivity contribution in [1.82, 2.24) is 15.5 Å². The summed E-state index contributed by atoms with van der Waals surface area (Å²) in [6, 6.07) is 4.58. The van der Waals surface area contributed by atoms with Gasteiger partial charge in [-0.25, -0.2) is 0 Å². The van der Waals surface area contributed by atoms with Crippen molar-refractivity contribution in [2.24, 2.45) is 0 Å². The molecule has 4 heterocycles. The minimum Gasteiger partial charge on any atom is -0.371 e. The Morgan fingerprint density at radius 2 is 2.09 bits per heavy atom. The fourth-order valence-corrected chi connectivity index (χ4v) is 3.83. The molecule has 3 fully saturated rings. The summed E-state index contributed by atoms with van der Waals surface area (Å²) in [6.07, 6.45) is 2.89. The topological polar surface area (TPSA) is 77.3 Å². The number of nitrogens with one attached hydrogen (secondary N) is 1. The summed E-state index contributed by atoms with van der Waals surface area (Å²) in [5.41, 5.74) is 1.32. The summed E-state index contributed by atoms with van der Waals surface area (Å²) in [4.78, 5) is 4.53. The monoisotopic (exact) mass is 314 g/mol. The number of aromatic nitrogens is 2. The fourth-order valence-electron chi connectivity index (χ4n) is 3.83. The Hall–Kier alpha value is -1.91. The minimum absolute atomic E-state index is 0.313. The van der Waals surface area contributed by atoms with Crippen molar-refractivity contribution in [2.45, 2.75) is 38.0 Å². The molecule has 122 valence electrons. The van der Waals surface area contributed by atoms with Gasteiger partial charge in [0.2, 0.25) is 0 Å². The highest BCUT2D eigenvalue weighted by atomic mass is 16.5. The lowest BCUT2D eigenvalue weighted by Crippen LogP contribution is -2.50. The number of anilines is 2. The van der Waals surface area contributed by atoms with Gasteiger partial charge in [0.25, 0.3) is 0 Å². The molecule has 1 N–H and O–H groups in total. The van der Waals surface area contributed by atoms with Gasteiger partial charge in [-0.3, -0.25) is 0 Å². The van der Waals surface area contributed by atoms with Crippen LogP contribution in [0.3, 0.4) is 0 Å². The molecule has 2 bridgehead atoms. The molecule has 3 aliphatic rings. The normalized spacial score (nSPS) is 30.3. The van der Waals surface area contributed by atoms with Gasteiger partial charge in [-0.05, 0) is 19.8 Å². The van der Waals surface area contributed by atoms with Crippen LogP contribution in [-0.2, 0) is 4.74 Å². The number of fused-ring (bicyclic) bond motifs is 2. The molecule has 3 atom stereocenters. The number of hydrogen-bond acceptors (Lipinski definition) is 7. The molecular formula is C16H22N6O. The molecule has 1 aromatic rings. The van der Waals surface area contributed by atoms with E-state index in [2.05, 4.69) is 38.3 Å². The molecule has 1 aromatic heterocycles. The Bertz CT molecular complexity index is 617. The maximum absolute atomic E-state index is 9.40. The van der Waals surface area contributed by atoms with Crippen molar-refractivity contribution in [2.75, 3.05) is 42.5 Å². The molecule has 23 heavy (non-hydrogen) atoms. The molecule has 3 unspecified atom stereocenters. The lowest BCUT2D eigenvalue weighted by molar-refractivity contribution is 0.0302. The predicted molar refractivity (Wildman–Crippen MR) is 86.5 cm³/mol. The molecule has 4 rings (SSSR count). The highest BCUT2D eigenvalue weighted by Gasteiger charge is 2.35. The second kappa shape index (κ2) is 5.95. The van der Waals surface area contributed by atoms with E-state index in [1.807, 2.05) is 6.07 Å². The third kappa shape index (κ3) is 2.73. The number of morpholine rings is 1. The Kier molecular flexibility index (Phi) is 3.79. The molecule has 3 saturated heterocycles. The maximum Gasteiger partial charge on any atom is 0.186 e. The molecular weight excluding hydrogens is 292 g/mol. The first-order chi connectivity index (χ1) is 11.2. The van der Waals surface area contributed by atoms with Crippen LogP contribution in [0.15, 0.2) is 6.07 Å². The third-order valence-electron chi connectivity index (χ3n) is 5.05. The van der Waals surface area contributed by atoms with Gasteiger partial charge < -0.3 is 19.9 Å². The molecule has 0 saturated carbocycles. The lowest BCUT2D eigenvalue weighted by Gasteiger charge is -2.37. The number of rotatable bonds is 2. The van der Waals surface area contributed by atoms with Gasteiger partial charge in [0.15, 0.2) is 11.5 Å². The van der Waals surface area contributed by atoms with Gasteiger partial charge in [-0.15, -0.1) is 10.2 Å². The van der Waals surface area contributed by atoms with Gasteiger partial charge in [0.1, 0.15) is 6.07 Å². The highest BCUT2D eigenvalue weighted by Crippen LogP contribution is 2.31. The summed E-state index contributed by atoms with van der Waals surface area (Å²) >= 11 is 0. The van der Waals surface area contributed by atoms with E-state index in [1.165, 1.54) is 0 Å². The summed E-state index contributed by atoms with van der Waals surface area (Å²) in [5, 5.41) is 21.3. The highest BCUT2D eigenvalue weighted by molar-refractivity contribution is 5.62. The second-order valence-electron chi connectivity index (χ2n) is 6.66. The smallest absolute Gasteiger partial charge is 0.186 e. The third-order valence-corrected chi connectivity index (χ3v) is 5.05. The van der Waals surface area contributed by atoms with E-state index in [4.69, 9.17) is 4.74 Å². The molecule has 3 aliphatic heterocycles. The summed E-state index contributed by atoms with van der Waals surface area (Å²) in [6.45, 7) is 6.64. The van der Waals surface area contributed by atoms with Crippen molar-refractivity contribution < 1.29 is 4.74 Å². The van der Waals surface area contributed by atoms with E-state index in [9.17, 15) is 5.26 Å². The van der Waals surface area contributed by atoms with Gasteiger partial charge in [0, 0.05) is 44.8 Å². The second-order valence-corrected chi connectivity index (χ2v) is 6.66. The minimum atomic E-state index is 0.313. The SMILES string of the molecule is CC1CNCCN1c1cc(N2CC3CCC(C2)O3)nnc1C#N. The lowest BCUT2D eigenvalue weighted by atomic mass is 10.1. The molecule has 0 amide bonds. The number of nitrogens with zero attached hydrogens (tertiary/aromatic N) is 5. The van der Waals surface area contributed by atoms with Gasteiger partial charge in [-0.1, -0.05) is 0 Å². The van der Waals surface area contributed by atoms with Crippen LogP contribution in [0.4, 0.5) is 11.5 Å². The number of hydrogen-bond donors (Lipinski definition) is 1. The van der Waals surface area contributed by atoms with Crippen LogP contribution in [0.5, 0.6) is 0 Å². The van der Waals surface area contributed by atoms with Crippen LogP contribution in [0.25, 0.3) is 0 Å². The van der Waals surface area contributed by atoms with Gasteiger partial charge in [-0.2, -0.15) is 5.26 Å². The summed E-state index contributed by atoms with van der Waals surface area (Å²) in [5.74, 6) is 0.866. The van der Waals surface area contributed by atoms with Gasteiger partial charge >= 0.3 is 0 Å².